The average molecular weight is 319 g/mol. The van der Waals surface area contributed by atoms with Gasteiger partial charge in [-0.2, -0.15) is 0 Å². The second kappa shape index (κ2) is 5.98. The van der Waals surface area contributed by atoms with E-state index in [0.29, 0.717) is 18.8 Å². The topological polar surface area (TPSA) is 83.8 Å². The van der Waals surface area contributed by atoms with Gasteiger partial charge in [0.1, 0.15) is 6.04 Å². The van der Waals surface area contributed by atoms with Crippen LogP contribution >= 0.6 is 0 Å². The molecule has 1 atom stereocenters. The van der Waals surface area contributed by atoms with E-state index in [0.717, 1.165) is 0 Å². The fourth-order valence-electron chi connectivity index (χ4n) is 2.59. The molecule has 0 N–H and O–H groups in total. The molecule has 0 radical (unpaired) electrons. The number of amides is 2. The zero-order valence-electron chi connectivity index (χ0n) is 13.8. The van der Waals surface area contributed by atoms with Gasteiger partial charge in [-0.25, -0.2) is 0 Å². The highest BCUT2D eigenvalue weighted by atomic mass is 16.6. The van der Waals surface area contributed by atoms with Crippen LogP contribution in [-0.4, -0.2) is 40.8 Å². The Labute approximate surface area is 135 Å². The van der Waals surface area contributed by atoms with E-state index in [4.69, 9.17) is 0 Å². The second-order valence-corrected chi connectivity index (χ2v) is 6.69. The number of benzene rings is 1. The summed E-state index contributed by atoms with van der Waals surface area (Å²) in [5.41, 5.74) is 0.0514. The Morgan fingerprint density at radius 1 is 1.22 bits per heavy atom. The highest BCUT2D eigenvalue weighted by Gasteiger charge is 2.38. The van der Waals surface area contributed by atoms with E-state index >= 15 is 0 Å². The van der Waals surface area contributed by atoms with Crippen LogP contribution < -0.4 is 4.90 Å². The second-order valence-electron chi connectivity index (χ2n) is 6.69. The van der Waals surface area contributed by atoms with Crippen molar-refractivity contribution in [1.82, 2.24) is 4.90 Å². The number of anilines is 1. The number of carbonyl (C=O) groups is 2. The first-order chi connectivity index (χ1) is 10.6. The standard InChI is InChI=1S/C16H21N3O4/c1-11-14(20)18(10-9-17(11)15(21)16(2,3)4)12-5-7-13(8-6-12)19(22)23/h5-8,11H,9-10H2,1-4H3. The van der Waals surface area contributed by atoms with Gasteiger partial charge in [0.25, 0.3) is 5.69 Å². The summed E-state index contributed by atoms with van der Waals surface area (Å²) >= 11 is 0. The third kappa shape index (κ3) is 3.33. The molecule has 7 nitrogen and oxygen atoms in total. The molecular formula is C16H21N3O4. The fraction of sp³-hybridized carbons (Fsp3) is 0.500. The predicted molar refractivity (Wildman–Crippen MR) is 86.1 cm³/mol. The van der Waals surface area contributed by atoms with Crippen molar-refractivity contribution >= 4 is 23.2 Å². The normalized spacial score (nSPS) is 19.0. The number of nitro benzene ring substituents is 1. The van der Waals surface area contributed by atoms with Crippen molar-refractivity contribution < 1.29 is 14.5 Å². The summed E-state index contributed by atoms with van der Waals surface area (Å²) in [6.45, 7) is 8.02. The highest BCUT2D eigenvalue weighted by Crippen LogP contribution is 2.26. The lowest BCUT2D eigenvalue weighted by molar-refractivity contribution is -0.384. The molecule has 1 aliphatic rings. The molecule has 1 aliphatic heterocycles. The van der Waals surface area contributed by atoms with E-state index in [-0.39, 0.29) is 17.5 Å². The Kier molecular flexibility index (Phi) is 4.40. The summed E-state index contributed by atoms with van der Waals surface area (Å²) in [4.78, 5) is 38.4. The lowest BCUT2D eigenvalue weighted by Crippen LogP contribution is -2.59. The largest absolute Gasteiger partial charge is 0.329 e. The van der Waals surface area contributed by atoms with Gasteiger partial charge in [0, 0.05) is 36.3 Å². The van der Waals surface area contributed by atoms with Crippen LogP contribution in [0.15, 0.2) is 24.3 Å². The van der Waals surface area contributed by atoms with Crippen LogP contribution in [0, 0.1) is 15.5 Å². The molecule has 23 heavy (non-hydrogen) atoms. The molecule has 0 bridgehead atoms. The van der Waals surface area contributed by atoms with Crippen LogP contribution in [0.4, 0.5) is 11.4 Å². The number of nitrogens with zero attached hydrogens (tertiary/aromatic N) is 3. The number of non-ortho nitro benzene ring substituents is 1. The number of piperazine rings is 1. The lowest BCUT2D eigenvalue weighted by atomic mass is 9.93. The van der Waals surface area contributed by atoms with Gasteiger partial charge in [-0.1, -0.05) is 20.8 Å². The van der Waals surface area contributed by atoms with Gasteiger partial charge in [0.05, 0.1) is 4.92 Å². The SMILES string of the molecule is CC1C(=O)N(c2ccc([N+](=O)[O-])cc2)CCN1C(=O)C(C)(C)C. The molecule has 0 spiro atoms. The molecule has 2 rings (SSSR count). The van der Waals surface area contributed by atoms with Crippen LogP contribution in [0.5, 0.6) is 0 Å². The quantitative estimate of drug-likeness (QED) is 0.618. The van der Waals surface area contributed by atoms with Crippen LogP contribution in [0.25, 0.3) is 0 Å². The summed E-state index contributed by atoms with van der Waals surface area (Å²) in [5, 5.41) is 10.7. The maximum absolute atomic E-state index is 12.6. The number of hydrogen-bond donors (Lipinski definition) is 0. The number of hydrogen-bond acceptors (Lipinski definition) is 4. The van der Waals surface area contributed by atoms with E-state index < -0.39 is 16.4 Å². The first-order valence-corrected chi connectivity index (χ1v) is 7.50. The lowest BCUT2D eigenvalue weighted by Gasteiger charge is -2.41. The van der Waals surface area contributed by atoms with E-state index in [2.05, 4.69) is 0 Å². The molecule has 1 fully saturated rings. The molecule has 0 saturated carbocycles. The zero-order valence-corrected chi connectivity index (χ0v) is 13.8. The Bertz CT molecular complexity index is 634. The average Bonchev–Trinajstić information content (AvgIpc) is 2.48. The van der Waals surface area contributed by atoms with E-state index in [1.165, 1.54) is 12.1 Å². The van der Waals surface area contributed by atoms with Crippen LogP contribution in [0.1, 0.15) is 27.7 Å². The molecule has 1 aromatic carbocycles. The minimum absolute atomic E-state index is 0.0178. The van der Waals surface area contributed by atoms with Gasteiger partial charge in [0.15, 0.2) is 0 Å². The molecule has 0 aromatic heterocycles. The van der Waals surface area contributed by atoms with E-state index in [9.17, 15) is 19.7 Å². The fourth-order valence-corrected chi connectivity index (χ4v) is 2.59. The molecule has 1 aromatic rings. The van der Waals surface area contributed by atoms with Crippen molar-refractivity contribution in [2.24, 2.45) is 5.41 Å². The summed E-state index contributed by atoms with van der Waals surface area (Å²) < 4.78 is 0. The Morgan fingerprint density at radius 3 is 2.26 bits per heavy atom. The van der Waals surface area contributed by atoms with Crippen molar-refractivity contribution in [1.29, 1.82) is 0 Å². The van der Waals surface area contributed by atoms with Gasteiger partial charge in [-0.15, -0.1) is 0 Å². The summed E-state index contributed by atoms with van der Waals surface area (Å²) in [6, 6.07) is 5.32. The highest BCUT2D eigenvalue weighted by molar-refractivity contribution is 6.00. The van der Waals surface area contributed by atoms with E-state index in [1.54, 1.807) is 28.9 Å². The third-order valence-corrected chi connectivity index (χ3v) is 3.93. The summed E-state index contributed by atoms with van der Waals surface area (Å²) in [7, 11) is 0. The smallest absolute Gasteiger partial charge is 0.269 e. The van der Waals surface area contributed by atoms with Crippen molar-refractivity contribution in [3.05, 3.63) is 34.4 Å². The number of nitro groups is 1. The van der Waals surface area contributed by atoms with Crippen LogP contribution in [0.2, 0.25) is 0 Å². The summed E-state index contributed by atoms with van der Waals surface area (Å²) in [5.74, 6) is -0.232. The van der Waals surface area contributed by atoms with Crippen LogP contribution in [-0.2, 0) is 9.59 Å². The van der Waals surface area contributed by atoms with Gasteiger partial charge in [-0.3, -0.25) is 19.7 Å². The molecule has 1 saturated heterocycles. The first-order valence-electron chi connectivity index (χ1n) is 7.50. The maximum Gasteiger partial charge on any atom is 0.269 e. The van der Waals surface area contributed by atoms with Gasteiger partial charge >= 0.3 is 0 Å². The Morgan fingerprint density at radius 2 is 1.78 bits per heavy atom. The predicted octanol–water partition coefficient (Wildman–Crippen LogP) is 2.20. The molecule has 1 heterocycles. The Balaban J connectivity index is 2.18. The summed E-state index contributed by atoms with van der Waals surface area (Å²) in [6.07, 6.45) is 0. The first kappa shape index (κ1) is 16.9. The van der Waals surface area contributed by atoms with Crippen LogP contribution in [0.3, 0.4) is 0 Å². The monoisotopic (exact) mass is 319 g/mol. The number of carbonyl (C=O) groups excluding carboxylic acids is 2. The molecule has 1 unspecified atom stereocenters. The molecule has 124 valence electrons. The maximum atomic E-state index is 12.6. The van der Waals surface area contributed by atoms with E-state index in [1.807, 2.05) is 20.8 Å². The molecular weight excluding hydrogens is 298 g/mol. The minimum atomic E-state index is -0.550. The zero-order chi connectivity index (χ0) is 17.4. The third-order valence-electron chi connectivity index (χ3n) is 3.93. The minimum Gasteiger partial charge on any atom is -0.329 e. The Hall–Kier alpha value is -2.44. The number of rotatable bonds is 2. The van der Waals surface area contributed by atoms with Crippen molar-refractivity contribution in [2.75, 3.05) is 18.0 Å². The molecule has 0 aliphatic carbocycles. The van der Waals surface area contributed by atoms with Gasteiger partial charge in [0.2, 0.25) is 11.8 Å². The van der Waals surface area contributed by atoms with Crippen molar-refractivity contribution in [3.63, 3.8) is 0 Å². The van der Waals surface area contributed by atoms with Crippen molar-refractivity contribution in [2.45, 2.75) is 33.7 Å². The van der Waals surface area contributed by atoms with Gasteiger partial charge < -0.3 is 9.80 Å². The molecule has 2 amide bonds. The van der Waals surface area contributed by atoms with Gasteiger partial charge in [-0.05, 0) is 19.1 Å². The molecule has 7 heteroatoms. The van der Waals surface area contributed by atoms with Crippen molar-refractivity contribution in [3.8, 4) is 0 Å².